The van der Waals surface area contributed by atoms with Crippen molar-refractivity contribution in [3.63, 3.8) is 0 Å². The van der Waals surface area contributed by atoms with Gasteiger partial charge in [-0.25, -0.2) is 0 Å². The highest BCUT2D eigenvalue weighted by Gasteiger charge is 2.29. The Bertz CT molecular complexity index is 504. The maximum atomic E-state index is 12.1. The van der Waals surface area contributed by atoms with Gasteiger partial charge in [-0.15, -0.1) is 0 Å². The Morgan fingerprint density at radius 3 is 2.80 bits per heavy atom. The van der Waals surface area contributed by atoms with Crippen LogP contribution in [0.25, 0.3) is 0 Å². The molecular weight excluding hydrogens is 256 g/mol. The Morgan fingerprint density at radius 2 is 2.05 bits per heavy atom. The number of benzene rings is 1. The van der Waals surface area contributed by atoms with Crippen molar-refractivity contribution < 1.29 is 14.3 Å². The standard InChI is InChI=1S/C15H20N2O3/c16-12-3-1-2-11(12)15(18)17-9-10-4-5-13-14(8-10)20-7-6-19-13/h4-5,8,11-12H,1-3,6-7,9,16H2,(H,17,18). The van der Waals surface area contributed by atoms with Crippen LogP contribution in [0.5, 0.6) is 11.5 Å². The Labute approximate surface area is 118 Å². The van der Waals surface area contributed by atoms with Gasteiger partial charge >= 0.3 is 0 Å². The highest BCUT2D eigenvalue weighted by molar-refractivity contribution is 5.79. The second-order valence-electron chi connectivity index (χ2n) is 5.40. The molecule has 1 aromatic rings. The number of carbonyl (C=O) groups is 1. The predicted molar refractivity (Wildman–Crippen MR) is 74.6 cm³/mol. The van der Waals surface area contributed by atoms with Gasteiger partial charge in [-0.05, 0) is 30.5 Å². The number of rotatable bonds is 3. The van der Waals surface area contributed by atoms with Gasteiger partial charge in [0.05, 0.1) is 5.92 Å². The van der Waals surface area contributed by atoms with Crippen molar-refractivity contribution in [2.75, 3.05) is 13.2 Å². The summed E-state index contributed by atoms with van der Waals surface area (Å²) < 4.78 is 11.0. The number of ether oxygens (including phenoxy) is 2. The SMILES string of the molecule is NC1CCCC1C(=O)NCc1ccc2c(c1)OCCO2. The largest absolute Gasteiger partial charge is 0.486 e. The summed E-state index contributed by atoms with van der Waals surface area (Å²) in [5.41, 5.74) is 6.95. The van der Waals surface area contributed by atoms with Crippen LogP contribution in [0, 0.1) is 5.92 Å². The molecule has 2 atom stereocenters. The minimum absolute atomic E-state index is 0.00951. The molecule has 1 aliphatic heterocycles. The molecule has 2 unspecified atom stereocenters. The molecule has 0 radical (unpaired) electrons. The summed E-state index contributed by atoms with van der Waals surface area (Å²) in [4.78, 5) is 12.1. The van der Waals surface area contributed by atoms with Gasteiger partial charge < -0.3 is 20.5 Å². The monoisotopic (exact) mass is 276 g/mol. The molecule has 0 saturated heterocycles. The van der Waals surface area contributed by atoms with Crippen LogP contribution < -0.4 is 20.5 Å². The lowest BCUT2D eigenvalue weighted by molar-refractivity contribution is -0.125. The fourth-order valence-electron chi connectivity index (χ4n) is 2.83. The zero-order valence-corrected chi connectivity index (χ0v) is 11.4. The van der Waals surface area contributed by atoms with E-state index in [2.05, 4.69) is 5.32 Å². The van der Waals surface area contributed by atoms with Gasteiger partial charge in [-0.3, -0.25) is 4.79 Å². The van der Waals surface area contributed by atoms with Crippen LogP contribution in [0.1, 0.15) is 24.8 Å². The van der Waals surface area contributed by atoms with E-state index >= 15 is 0 Å². The lowest BCUT2D eigenvalue weighted by atomic mass is 10.0. The van der Waals surface area contributed by atoms with Gasteiger partial charge in [0.1, 0.15) is 13.2 Å². The summed E-state index contributed by atoms with van der Waals surface area (Å²) in [5, 5.41) is 2.96. The topological polar surface area (TPSA) is 73.6 Å². The average molecular weight is 276 g/mol. The molecule has 1 fully saturated rings. The van der Waals surface area contributed by atoms with Crippen LogP contribution in [-0.4, -0.2) is 25.2 Å². The molecule has 1 aromatic carbocycles. The van der Waals surface area contributed by atoms with E-state index in [1.807, 2.05) is 18.2 Å². The van der Waals surface area contributed by atoms with Crippen LogP contribution in [0.4, 0.5) is 0 Å². The predicted octanol–water partition coefficient (Wildman–Crippen LogP) is 1.20. The van der Waals surface area contributed by atoms with E-state index in [0.717, 1.165) is 36.3 Å². The Balaban J connectivity index is 1.59. The third-order valence-corrected chi connectivity index (χ3v) is 3.98. The van der Waals surface area contributed by atoms with Crippen molar-refractivity contribution >= 4 is 5.91 Å². The molecule has 1 saturated carbocycles. The summed E-state index contributed by atoms with van der Waals surface area (Å²) >= 11 is 0. The van der Waals surface area contributed by atoms with Crippen molar-refractivity contribution in [3.05, 3.63) is 23.8 Å². The van der Waals surface area contributed by atoms with Crippen LogP contribution in [0.2, 0.25) is 0 Å². The molecule has 1 aliphatic carbocycles. The fraction of sp³-hybridized carbons (Fsp3) is 0.533. The minimum Gasteiger partial charge on any atom is -0.486 e. The Hall–Kier alpha value is -1.75. The third kappa shape index (κ3) is 2.72. The zero-order valence-electron chi connectivity index (χ0n) is 11.4. The Morgan fingerprint density at radius 1 is 1.25 bits per heavy atom. The fourth-order valence-corrected chi connectivity index (χ4v) is 2.83. The molecule has 0 bridgehead atoms. The van der Waals surface area contributed by atoms with Gasteiger partial charge in [-0.2, -0.15) is 0 Å². The van der Waals surface area contributed by atoms with Crippen LogP contribution >= 0.6 is 0 Å². The van der Waals surface area contributed by atoms with E-state index < -0.39 is 0 Å². The maximum Gasteiger partial charge on any atom is 0.224 e. The second-order valence-corrected chi connectivity index (χ2v) is 5.40. The van der Waals surface area contributed by atoms with Gasteiger partial charge in [0.2, 0.25) is 5.91 Å². The zero-order chi connectivity index (χ0) is 13.9. The second kappa shape index (κ2) is 5.71. The van der Waals surface area contributed by atoms with E-state index in [1.54, 1.807) is 0 Å². The summed E-state index contributed by atoms with van der Waals surface area (Å²) in [6.45, 7) is 1.65. The number of carbonyl (C=O) groups excluding carboxylic acids is 1. The van der Waals surface area contributed by atoms with Gasteiger partial charge in [0.15, 0.2) is 11.5 Å². The van der Waals surface area contributed by atoms with Crippen molar-refractivity contribution in [1.82, 2.24) is 5.32 Å². The Kier molecular flexibility index (Phi) is 3.78. The summed E-state index contributed by atoms with van der Waals surface area (Å²) in [5.74, 6) is 1.54. The van der Waals surface area contributed by atoms with Crippen molar-refractivity contribution in [3.8, 4) is 11.5 Å². The lowest BCUT2D eigenvalue weighted by Crippen LogP contribution is -2.38. The highest BCUT2D eigenvalue weighted by Crippen LogP contribution is 2.30. The van der Waals surface area contributed by atoms with Gasteiger partial charge in [0, 0.05) is 12.6 Å². The normalized spacial score (nSPS) is 24.4. The van der Waals surface area contributed by atoms with Crippen molar-refractivity contribution in [2.24, 2.45) is 11.7 Å². The molecule has 0 aromatic heterocycles. The quantitative estimate of drug-likeness (QED) is 0.870. The molecule has 1 heterocycles. The molecule has 0 spiro atoms. The molecule has 2 aliphatic rings. The van der Waals surface area contributed by atoms with Gasteiger partial charge in [0.25, 0.3) is 0 Å². The number of amides is 1. The average Bonchev–Trinajstić information content (AvgIpc) is 2.91. The van der Waals surface area contributed by atoms with Crippen LogP contribution in [0.15, 0.2) is 18.2 Å². The molecule has 3 rings (SSSR count). The molecule has 1 amide bonds. The molecule has 20 heavy (non-hydrogen) atoms. The lowest BCUT2D eigenvalue weighted by Gasteiger charge is -2.19. The summed E-state index contributed by atoms with van der Waals surface area (Å²) in [6.07, 6.45) is 2.89. The van der Waals surface area contributed by atoms with Crippen molar-refractivity contribution in [1.29, 1.82) is 0 Å². The molecule has 5 nitrogen and oxygen atoms in total. The van der Waals surface area contributed by atoms with E-state index in [-0.39, 0.29) is 17.9 Å². The van der Waals surface area contributed by atoms with Crippen molar-refractivity contribution in [2.45, 2.75) is 31.8 Å². The van der Waals surface area contributed by atoms with E-state index in [1.165, 1.54) is 0 Å². The van der Waals surface area contributed by atoms with E-state index in [4.69, 9.17) is 15.2 Å². The molecule has 3 N–H and O–H groups in total. The van der Waals surface area contributed by atoms with E-state index in [0.29, 0.717) is 19.8 Å². The first-order valence-electron chi connectivity index (χ1n) is 7.16. The number of nitrogens with one attached hydrogen (secondary N) is 1. The molecule has 108 valence electrons. The molecular formula is C15H20N2O3. The first-order chi connectivity index (χ1) is 9.74. The maximum absolute atomic E-state index is 12.1. The minimum atomic E-state index is -0.0350. The van der Waals surface area contributed by atoms with Crippen LogP contribution in [0.3, 0.4) is 0 Å². The molecule has 5 heteroatoms. The summed E-state index contributed by atoms with van der Waals surface area (Å²) in [7, 11) is 0. The van der Waals surface area contributed by atoms with E-state index in [9.17, 15) is 4.79 Å². The summed E-state index contributed by atoms with van der Waals surface area (Å²) in [6, 6.07) is 5.76. The third-order valence-electron chi connectivity index (χ3n) is 3.98. The first-order valence-corrected chi connectivity index (χ1v) is 7.16. The number of hydrogen-bond donors (Lipinski definition) is 2. The van der Waals surface area contributed by atoms with Gasteiger partial charge in [-0.1, -0.05) is 12.5 Å². The smallest absolute Gasteiger partial charge is 0.224 e. The number of nitrogens with two attached hydrogens (primary N) is 1. The highest BCUT2D eigenvalue weighted by atomic mass is 16.6. The number of hydrogen-bond acceptors (Lipinski definition) is 4. The van der Waals surface area contributed by atoms with Crippen LogP contribution in [-0.2, 0) is 11.3 Å². The number of fused-ring (bicyclic) bond motifs is 1. The first kappa shape index (κ1) is 13.2.